The first kappa shape index (κ1) is 12.4. The van der Waals surface area contributed by atoms with E-state index < -0.39 is 29.0 Å². The van der Waals surface area contributed by atoms with Crippen molar-refractivity contribution < 1.29 is 18.0 Å². The van der Waals surface area contributed by atoms with Crippen LogP contribution in [0.15, 0.2) is 6.07 Å². The third kappa shape index (κ3) is 2.65. The van der Waals surface area contributed by atoms with Crippen molar-refractivity contribution >= 4 is 11.6 Å². The molecule has 0 aliphatic carbocycles. The summed E-state index contributed by atoms with van der Waals surface area (Å²) in [6, 6.07) is 0.738. The Hall–Kier alpha value is -1.72. The van der Waals surface area contributed by atoms with Crippen LogP contribution in [-0.4, -0.2) is 5.91 Å². The molecule has 0 aliphatic heterocycles. The van der Waals surface area contributed by atoms with E-state index in [9.17, 15) is 18.0 Å². The molecule has 0 unspecified atom stereocenters. The number of amides is 1. The lowest BCUT2D eigenvalue weighted by Crippen LogP contribution is -2.11. The number of hydrogen-bond donors (Lipinski definition) is 2. The van der Waals surface area contributed by atoms with E-state index in [-0.39, 0.29) is 24.8 Å². The summed E-state index contributed by atoms with van der Waals surface area (Å²) in [5, 5.41) is 0. The number of nitrogens with two attached hydrogens (primary N) is 2. The molecule has 0 aromatic heterocycles. The Morgan fingerprint density at radius 2 is 1.88 bits per heavy atom. The first-order valence-corrected chi connectivity index (χ1v) is 4.63. The Morgan fingerprint density at radius 1 is 1.25 bits per heavy atom. The van der Waals surface area contributed by atoms with Gasteiger partial charge in [0.2, 0.25) is 5.91 Å². The average Bonchev–Trinajstić information content (AvgIpc) is 2.22. The maximum absolute atomic E-state index is 13.3. The number of carbonyl (C=O) groups is 1. The van der Waals surface area contributed by atoms with Gasteiger partial charge in [-0.3, -0.25) is 4.79 Å². The van der Waals surface area contributed by atoms with Gasteiger partial charge in [0.1, 0.15) is 5.69 Å². The van der Waals surface area contributed by atoms with E-state index in [1.54, 1.807) is 0 Å². The summed E-state index contributed by atoms with van der Waals surface area (Å²) in [5.74, 6) is -4.11. The molecule has 0 radical (unpaired) electrons. The minimum Gasteiger partial charge on any atom is -0.394 e. The number of benzene rings is 1. The molecule has 0 saturated heterocycles. The van der Waals surface area contributed by atoms with Gasteiger partial charge in [-0.1, -0.05) is 0 Å². The third-order valence-electron chi connectivity index (χ3n) is 2.13. The van der Waals surface area contributed by atoms with Crippen molar-refractivity contribution in [3.8, 4) is 0 Å². The zero-order valence-electron chi connectivity index (χ0n) is 8.40. The molecule has 0 spiro atoms. The molecule has 0 saturated carbocycles. The molecule has 1 aromatic carbocycles. The van der Waals surface area contributed by atoms with E-state index >= 15 is 0 Å². The lowest BCUT2D eigenvalue weighted by atomic mass is 10.1. The second-order valence-corrected chi connectivity index (χ2v) is 3.38. The van der Waals surface area contributed by atoms with Gasteiger partial charge in [-0.05, 0) is 24.5 Å². The van der Waals surface area contributed by atoms with Crippen molar-refractivity contribution in [2.24, 2.45) is 5.73 Å². The fraction of sp³-hybridized carbons (Fsp3) is 0.300. The number of halogens is 3. The molecule has 0 bridgehead atoms. The van der Waals surface area contributed by atoms with E-state index in [0.717, 1.165) is 6.07 Å². The Morgan fingerprint density at radius 3 is 2.44 bits per heavy atom. The molecule has 6 heteroatoms. The quantitative estimate of drug-likeness (QED) is 0.610. The van der Waals surface area contributed by atoms with Crippen molar-refractivity contribution in [3.63, 3.8) is 0 Å². The van der Waals surface area contributed by atoms with Gasteiger partial charge in [0.15, 0.2) is 17.5 Å². The molecular weight excluding hydrogens is 221 g/mol. The zero-order chi connectivity index (χ0) is 12.3. The molecule has 0 fully saturated rings. The fourth-order valence-electron chi connectivity index (χ4n) is 1.31. The van der Waals surface area contributed by atoms with Crippen LogP contribution in [0.2, 0.25) is 0 Å². The lowest BCUT2D eigenvalue weighted by molar-refractivity contribution is -0.118. The Labute approximate surface area is 90.2 Å². The van der Waals surface area contributed by atoms with Crippen LogP contribution >= 0.6 is 0 Å². The molecular formula is C10H11F3N2O. The molecule has 4 N–H and O–H groups in total. The normalized spacial score (nSPS) is 10.4. The standard InChI is InChI=1S/C10H11F3N2O/c11-6-4-5(2-1-3-7(14)16)8(12)10(15)9(6)13/h4H,1-3,15H2,(H2,14,16). The van der Waals surface area contributed by atoms with E-state index in [1.165, 1.54) is 0 Å². The van der Waals surface area contributed by atoms with E-state index in [4.69, 9.17) is 11.5 Å². The second kappa shape index (κ2) is 4.87. The van der Waals surface area contributed by atoms with Gasteiger partial charge in [-0.25, -0.2) is 13.2 Å². The largest absolute Gasteiger partial charge is 0.394 e. The van der Waals surface area contributed by atoms with Crippen LogP contribution in [0.4, 0.5) is 18.9 Å². The van der Waals surface area contributed by atoms with Crippen molar-refractivity contribution in [1.82, 2.24) is 0 Å². The highest BCUT2D eigenvalue weighted by molar-refractivity contribution is 5.73. The van der Waals surface area contributed by atoms with Gasteiger partial charge in [0.05, 0.1) is 0 Å². The van der Waals surface area contributed by atoms with E-state index in [2.05, 4.69) is 0 Å². The summed E-state index contributed by atoms with van der Waals surface area (Å²) < 4.78 is 39.0. The number of rotatable bonds is 4. The van der Waals surface area contributed by atoms with Crippen molar-refractivity contribution in [2.45, 2.75) is 19.3 Å². The van der Waals surface area contributed by atoms with Crippen LogP contribution in [0.5, 0.6) is 0 Å². The number of anilines is 1. The van der Waals surface area contributed by atoms with Gasteiger partial charge in [-0.2, -0.15) is 0 Å². The molecule has 1 aromatic rings. The summed E-state index contributed by atoms with van der Waals surface area (Å²) >= 11 is 0. The predicted molar refractivity (Wildman–Crippen MR) is 52.9 cm³/mol. The van der Waals surface area contributed by atoms with E-state index in [0.29, 0.717) is 0 Å². The highest BCUT2D eigenvalue weighted by Crippen LogP contribution is 2.23. The number of carbonyl (C=O) groups excluding carboxylic acids is 1. The van der Waals surface area contributed by atoms with Gasteiger partial charge in [-0.15, -0.1) is 0 Å². The number of hydrogen-bond acceptors (Lipinski definition) is 2. The van der Waals surface area contributed by atoms with E-state index in [1.807, 2.05) is 0 Å². The molecule has 3 nitrogen and oxygen atoms in total. The highest BCUT2D eigenvalue weighted by atomic mass is 19.2. The van der Waals surface area contributed by atoms with Crippen LogP contribution in [0.1, 0.15) is 18.4 Å². The van der Waals surface area contributed by atoms with Gasteiger partial charge < -0.3 is 11.5 Å². The molecule has 0 atom stereocenters. The van der Waals surface area contributed by atoms with Gasteiger partial charge in [0, 0.05) is 6.42 Å². The Kier molecular flexibility index (Phi) is 3.76. The monoisotopic (exact) mass is 232 g/mol. The van der Waals surface area contributed by atoms with Gasteiger partial charge in [0.25, 0.3) is 0 Å². The lowest BCUT2D eigenvalue weighted by Gasteiger charge is -2.06. The molecule has 1 rings (SSSR count). The SMILES string of the molecule is NC(=O)CCCc1cc(F)c(F)c(N)c1F. The Bertz CT molecular complexity index is 421. The highest BCUT2D eigenvalue weighted by Gasteiger charge is 2.15. The maximum atomic E-state index is 13.3. The molecule has 1 amide bonds. The second-order valence-electron chi connectivity index (χ2n) is 3.38. The molecule has 0 heterocycles. The summed E-state index contributed by atoms with van der Waals surface area (Å²) in [6.45, 7) is 0. The molecule has 0 aliphatic rings. The zero-order valence-corrected chi connectivity index (χ0v) is 8.40. The van der Waals surface area contributed by atoms with Crippen LogP contribution in [0.25, 0.3) is 0 Å². The van der Waals surface area contributed by atoms with Crippen molar-refractivity contribution in [1.29, 1.82) is 0 Å². The van der Waals surface area contributed by atoms with Crippen molar-refractivity contribution in [3.05, 3.63) is 29.1 Å². The van der Waals surface area contributed by atoms with Crippen LogP contribution in [0, 0.1) is 17.5 Å². The first-order chi connectivity index (χ1) is 7.43. The van der Waals surface area contributed by atoms with Gasteiger partial charge >= 0.3 is 0 Å². The smallest absolute Gasteiger partial charge is 0.217 e. The third-order valence-corrected chi connectivity index (χ3v) is 2.13. The van der Waals surface area contributed by atoms with Crippen LogP contribution < -0.4 is 11.5 Å². The average molecular weight is 232 g/mol. The predicted octanol–water partition coefficient (Wildman–Crippen LogP) is 1.49. The first-order valence-electron chi connectivity index (χ1n) is 4.63. The molecule has 16 heavy (non-hydrogen) atoms. The number of nitrogen functional groups attached to an aromatic ring is 1. The van der Waals surface area contributed by atoms with Crippen LogP contribution in [0.3, 0.4) is 0 Å². The van der Waals surface area contributed by atoms with Crippen molar-refractivity contribution in [2.75, 3.05) is 5.73 Å². The molecule has 88 valence electrons. The number of aryl methyl sites for hydroxylation is 1. The maximum Gasteiger partial charge on any atom is 0.217 e. The minimum absolute atomic E-state index is 0.0539. The number of primary amides is 1. The summed E-state index contributed by atoms with van der Waals surface area (Å²) in [5.41, 5.74) is 9.02. The Balaban J connectivity index is 2.85. The summed E-state index contributed by atoms with van der Waals surface area (Å²) in [7, 11) is 0. The fourth-order valence-corrected chi connectivity index (χ4v) is 1.31. The summed E-state index contributed by atoms with van der Waals surface area (Å²) in [6.07, 6.45) is 0.394. The van der Waals surface area contributed by atoms with Crippen LogP contribution in [-0.2, 0) is 11.2 Å². The topological polar surface area (TPSA) is 69.1 Å². The minimum atomic E-state index is -1.39. The summed E-state index contributed by atoms with van der Waals surface area (Å²) in [4.78, 5) is 10.4.